The Morgan fingerprint density at radius 1 is 1.43 bits per heavy atom. The highest BCUT2D eigenvalue weighted by atomic mass is 16.5. The standard InChI is InChI=1S/C13H20N4O4/c1-8(12(18)15-4-5-20-2)17-11-10(13(19)21-3)6-9(14)7-16-11/h6-8H,4-5,14H2,1-3H3,(H,15,18)(H,16,17). The van der Waals surface area contributed by atoms with E-state index in [0.717, 1.165) is 0 Å². The second-order valence-electron chi connectivity index (χ2n) is 4.31. The third-order valence-electron chi connectivity index (χ3n) is 2.67. The van der Waals surface area contributed by atoms with Crippen molar-refractivity contribution >= 4 is 23.4 Å². The van der Waals surface area contributed by atoms with E-state index in [-0.39, 0.29) is 17.3 Å². The summed E-state index contributed by atoms with van der Waals surface area (Å²) in [4.78, 5) is 27.5. The fourth-order valence-corrected chi connectivity index (χ4v) is 1.56. The molecule has 0 bridgehead atoms. The molecule has 0 aliphatic heterocycles. The van der Waals surface area contributed by atoms with Gasteiger partial charge in [0.2, 0.25) is 5.91 Å². The largest absolute Gasteiger partial charge is 0.465 e. The first-order chi connectivity index (χ1) is 9.99. The van der Waals surface area contributed by atoms with Crippen molar-refractivity contribution in [2.45, 2.75) is 13.0 Å². The van der Waals surface area contributed by atoms with Gasteiger partial charge in [-0.15, -0.1) is 0 Å². The van der Waals surface area contributed by atoms with E-state index in [4.69, 9.17) is 10.5 Å². The molecule has 0 fully saturated rings. The molecule has 0 spiro atoms. The average molecular weight is 296 g/mol. The van der Waals surface area contributed by atoms with Gasteiger partial charge >= 0.3 is 5.97 Å². The second kappa shape index (κ2) is 8.05. The van der Waals surface area contributed by atoms with Gasteiger partial charge in [0.25, 0.3) is 0 Å². The number of nitrogens with two attached hydrogens (primary N) is 1. The van der Waals surface area contributed by atoms with E-state index in [1.807, 2.05) is 0 Å². The van der Waals surface area contributed by atoms with Crippen molar-refractivity contribution in [3.05, 3.63) is 17.8 Å². The zero-order valence-corrected chi connectivity index (χ0v) is 12.3. The number of hydrogen-bond donors (Lipinski definition) is 3. The Morgan fingerprint density at radius 3 is 2.76 bits per heavy atom. The summed E-state index contributed by atoms with van der Waals surface area (Å²) in [5, 5.41) is 5.54. The highest BCUT2D eigenvalue weighted by Gasteiger charge is 2.18. The number of nitrogen functional groups attached to an aromatic ring is 1. The van der Waals surface area contributed by atoms with E-state index >= 15 is 0 Å². The fraction of sp³-hybridized carbons (Fsp3) is 0.462. The summed E-state index contributed by atoms with van der Waals surface area (Å²) in [6, 6.07) is 0.859. The number of nitrogens with one attached hydrogen (secondary N) is 2. The second-order valence-corrected chi connectivity index (χ2v) is 4.31. The van der Waals surface area contributed by atoms with Crippen molar-refractivity contribution in [1.82, 2.24) is 10.3 Å². The number of esters is 1. The number of ether oxygens (including phenoxy) is 2. The van der Waals surface area contributed by atoms with Crippen molar-refractivity contribution in [1.29, 1.82) is 0 Å². The summed E-state index contributed by atoms with van der Waals surface area (Å²) in [5.74, 6) is -0.573. The molecule has 4 N–H and O–H groups in total. The van der Waals surface area contributed by atoms with Crippen molar-refractivity contribution in [2.75, 3.05) is 38.4 Å². The summed E-state index contributed by atoms with van der Waals surface area (Å²) in [5.41, 5.74) is 6.11. The SMILES string of the molecule is COCCNC(=O)C(C)Nc1ncc(N)cc1C(=O)OC. The summed E-state index contributed by atoms with van der Waals surface area (Å²) >= 11 is 0. The number of pyridine rings is 1. The van der Waals surface area contributed by atoms with Crippen LogP contribution in [0.5, 0.6) is 0 Å². The number of carbonyl (C=O) groups excluding carboxylic acids is 2. The van der Waals surface area contributed by atoms with Crippen molar-refractivity contribution < 1.29 is 19.1 Å². The maximum absolute atomic E-state index is 11.8. The maximum atomic E-state index is 11.8. The van der Waals surface area contributed by atoms with Crippen LogP contribution in [0.4, 0.5) is 11.5 Å². The van der Waals surface area contributed by atoms with Gasteiger partial charge in [-0.3, -0.25) is 4.79 Å². The Morgan fingerprint density at radius 2 is 2.14 bits per heavy atom. The smallest absolute Gasteiger partial charge is 0.341 e. The molecule has 1 unspecified atom stereocenters. The lowest BCUT2D eigenvalue weighted by Gasteiger charge is -2.16. The molecule has 0 aliphatic carbocycles. The maximum Gasteiger partial charge on any atom is 0.341 e. The molecule has 1 amide bonds. The molecule has 1 aromatic heterocycles. The molecule has 1 atom stereocenters. The van der Waals surface area contributed by atoms with Crippen molar-refractivity contribution in [3.8, 4) is 0 Å². The molecule has 8 heteroatoms. The monoisotopic (exact) mass is 296 g/mol. The van der Waals surface area contributed by atoms with Gasteiger partial charge in [-0.25, -0.2) is 9.78 Å². The topological polar surface area (TPSA) is 116 Å². The van der Waals surface area contributed by atoms with Crippen LogP contribution in [0.15, 0.2) is 12.3 Å². The zero-order chi connectivity index (χ0) is 15.8. The highest BCUT2D eigenvalue weighted by molar-refractivity contribution is 5.96. The number of aromatic nitrogens is 1. The Bertz CT molecular complexity index is 507. The number of nitrogens with zero attached hydrogens (tertiary/aromatic N) is 1. The predicted molar refractivity (Wildman–Crippen MR) is 78.0 cm³/mol. The number of amides is 1. The van der Waals surface area contributed by atoms with Crippen LogP contribution in [0.1, 0.15) is 17.3 Å². The first kappa shape index (κ1) is 16.7. The molecule has 0 radical (unpaired) electrons. The van der Waals surface area contributed by atoms with Crippen LogP contribution in [0.3, 0.4) is 0 Å². The summed E-state index contributed by atoms with van der Waals surface area (Å²) < 4.78 is 9.51. The molecule has 1 aromatic rings. The van der Waals surface area contributed by atoms with E-state index in [1.54, 1.807) is 14.0 Å². The van der Waals surface area contributed by atoms with Crippen LogP contribution in [-0.4, -0.2) is 50.3 Å². The summed E-state index contributed by atoms with van der Waals surface area (Å²) in [6.45, 7) is 2.48. The molecule has 0 saturated carbocycles. The molecule has 116 valence electrons. The minimum absolute atomic E-state index is 0.175. The molecular weight excluding hydrogens is 276 g/mol. The van der Waals surface area contributed by atoms with Crippen molar-refractivity contribution in [2.24, 2.45) is 0 Å². The summed E-state index contributed by atoms with van der Waals surface area (Å²) in [7, 11) is 2.81. The first-order valence-electron chi connectivity index (χ1n) is 6.36. The Kier molecular flexibility index (Phi) is 6.41. The van der Waals surface area contributed by atoms with Crippen LogP contribution in [0.25, 0.3) is 0 Å². The molecule has 0 aromatic carbocycles. The number of carbonyl (C=O) groups is 2. The molecule has 1 heterocycles. The van der Waals surface area contributed by atoms with Gasteiger partial charge in [0, 0.05) is 13.7 Å². The number of hydrogen-bond acceptors (Lipinski definition) is 7. The minimum atomic E-state index is -0.582. The molecule has 0 saturated heterocycles. The normalized spacial score (nSPS) is 11.6. The Balaban J connectivity index is 2.77. The van der Waals surface area contributed by atoms with E-state index in [9.17, 15) is 9.59 Å². The third-order valence-corrected chi connectivity index (χ3v) is 2.67. The van der Waals surface area contributed by atoms with Crippen LogP contribution >= 0.6 is 0 Å². The Labute approximate surface area is 123 Å². The Hall–Kier alpha value is -2.35. The predicted octanol–water partition coefficient (Wildman–Crippen LogP) is 0.0134. The van der Waals surface area contributed by atoms with Crippen LogP contribution in [0, 0.1) is 0 Å². The van der Waals surface area contributed by atoms with Gasteiger partial charge in [-0.1, -0.05) is 0 Å². The first-order valence-corrected chi connectivity index (χ1v) is 6.36. The molecule has 21 heavy (non-hydrogen) atoms. The number of methoxy groups -OCH3 is 2. The van der Waals surface area contributed by atoms with Gasteiger partial charge in [0.15, 0.2) is 0 Å². The lowest BCUT2D eigenvalue weighted by Crippen LogP contribution is -2.39. The van der Waals surface area contributed by atoms with Crippen LogP contribution in [-0.2, 0) is 14.3 Å². The van der Waals surface area contributed by atoms with E-state index in [2.05, 4.69) is 20.4 Å². The molecule has 8 nitrogen and oxygen atoms in total. The van der Waals surface area contributed by atoms with Gasteiger partial charge in [-0.05, 0) is 13.0 Å². The lowest BCUT2D eigenvalue weighted by atomic mass is 10.2. The quantitative estimate of drug-likeness (QED) is 0.479. The molecule has 0 aliphatic rings. The van der Waals surface area contributed by atoms with Crippen LogP contribution in [0.2, 0.25) is 0 Å². The van der Waals surface area contributed by atoms with E-state index < -0.39 is 12.0 Å². The lowest BCUT2D eigenvalue weighted by molar-refractivity contribution is -0.121. The number of rotatable bonds is 7. The van der Waals surface area contributed by atoms with E-state index in [0.29, 0.717) is 18.8 Å². The highest BCUT2D eigenvalue weighted by Crippen LogP contribution is 2.17. The summed E-state index contributed by atoms with van der Waals surface area (Å²) in [6.07, 6.45) is 1.39. The van der Waals surface area contributed by atoms with E-state index in [1.165, 1.54) is 19.4 Å². The van der Waals surface area contributed by atoms with Crippen LogP contribution < -0.4 is 16.4 Å². The van der Waals surface area contributed by atoms with Gasteiger partial charge in [-0.2, -0.15) is 0 Å². The van der Waals surface area contributed by atoms with Gasteiger partial charge in [0.1, 0.15) is 17.4 Å². The van der Waals surface area contributed by atoms with Crippen molar-refractivity contribution in [3.63, 3.8) is 0 Å². The fourth-order valence-electron chi connectivity index (χ4n) is 1.56. The van der Waals surface area contributed by atoms with Gasteiger partial charge in [0.05, 0.1) is 25.6 Å². The third kappa shape index (κ3) is 4.92. The zero-order valence-electron chi connectivity index (χ0n) is 12.3. The molecular formula is C13H20N4O4. The number of anilines is 2. The minimum Gasteiger partial charge on any atom is -0.465 e. The molecule has 1 rings (SSSR count). The average Bonchev–Trinajstić information content (AvgIpc) is 2.48. The van der Waals surface area contributed by atoms with Gasteiger partial charge < -0.3 is 25.8 Å².